The zero-order chi connectivity index (χ0) is 18.2. The van der Waals surface area contributed by atoms with Crippen LogP contribution in [0.15, 0.2) is 36.0 Å². The molecule has 2 fully saturated rings. The molecule has 0 aliphatic carbocycles. The number of aliphatic hydroxyl groups is 2. The van der Waals surface area contributed by atoms with E-state index in [0.29, 0.717) is 18.5 Å². The van der Waals surface area contributed by atoms with Crippen molar-refractivity contribution in [3.8, 4) is 0 Å². The molecule has 3 rings (SSSR count). The summed E-state index contributed by atoms with van der Waals surface area (Å²) in [6, 6.07) is -0.129. The summed E-state index contributed by atoms with van der Waals surface area (Å²) in [6.07, 6.45) is 2.20. The summed E-state index contributed by atoms with van der Waals surface area (Å²) >= 11 is 0. The van der Waals surface area contributed by atoms with E-state index in [1.807, 2.05) is 6.08 Å². The number of carbonyl (C=O) groups is 2. The molecule has 0 spiro atoms. The number of nitrogens with zero attached hydrogens (tertiary/aromatic N) is 1. The van der Waals surface area contributed by atoms with Gasteiger partial charge in [0.15, 0.2) is 5.60 Å². The lowest BCUT2D eigenvalue weighted by Gasteiger charge is -2.26. The Morgan fingerprint density at radius 2 is 2.12 bits per heavy atom. The molecular formula is C18H23NO6. The van der Waals surface area contributed by atoms with E-state index in [4.69, 9.17) is 9.47 Å². The highest BCUT2D eigenvalue weighted by atomic mass is 16.6. The molecule has 25 heavy (non-hydrogen) atoms. The van der Waals surface area contributed by atoms with Gasteiger partial charge in [-0.3, -0.25) is 4.90 Å². The molecular weight excluding hydrogens is 326 g/mol. The van der Waals surface area contributed by atoms with Gasteiger partial charge in [-0.25, -0.2) is 9.59 Å². The van der Waals surface area contributed by atoms with Gasteiger partial charge in [-0.2, -0.15) is 0 Å². The molecule has 0 aromatic heterocycles. The van der Waals surface area contributed by atoms with E-state index >= 15 is 0 Å². The molecule has 0 saturated carbocycles. The van der Waals surface area contributed by atoms with Crippen LogP contribution >= 0.6 is 0 Å². The first kappa shape index (κ1) is 17.8. The average molecular weight is 349 g/mol. The predicted octanol–water partition coefficient (Wildman–Crippen LogP) is 0.0853. The Kier molecular flexibility index (Phi) is 4.81. The van der Waals surface area contributed by atoms with Crippen molar-refractivity contribution in [1.82, 2.24) is 4.90 Å². The molecule has 2 N–H and O–H groups in total. The maximum Gasteiger partial charge on any atom is 0.341 e. The maximum atomic E-state index is 12.3. The van der Waals surface area contributed by atoms with Gasteiger partial charge in [0.25, 0.3) is 0 Å². The third-order valence-electron chi connectivity index (χ3n) is 4.98. The number of esters is 2. The number of rotatable bonds is 1. The van der Waals surface area contributed by atoms with E-state index in [0.717, 1.165) is 12.1 Å². The van der Waals surface area contributed by atoms with Gasteiger partial charge in [0.1, 0.15) is 12.7 Å². The monoisotopic (exact) mass is 349 g/mol. The highest BCUT2D eigenvalue weighted by molar-refractivity contribution is 5.88. The van der Waals surface area contributed by atoms with Gasteiger partial charge < -0.3 is 19.7 Å². The van der Waals surface area contributed by atoms with Gasteiger partial charge in [-0.1, -0.05) is 24.8 Å². The van der Waals surface area contributed by atoms with Crippen LogP contribution in [-0.2, 0) is 19.1 Å². The topological polar surface area (TPSA) is 96.3 Å². The van der Waals surface area contributed by atoms with Gasteiger partial charge in [0, 0.05) is 25.1 Å². The molecule has 1 unspecified atom stereocenters. The highest BCUT2D eigenvalue weighted by Gasteiger charge is 2.44. The Hall–Kier alpha value is -1.96. The Bertz CT molecular complexity index is 654. The van der Waals surface area contributed by atoms with E-state index in [2.05, 4.69) is 18.1 Å². The molecule has 3 aliphatic rings. The van der Waals surface area contributed by atoms with Crippen molar-refractivity contribution in [2.75, 3.05) is 26.3 Å². The molecule has 7 heteroatoms. The molecule has 3 atom stereocenters. The first-order chi connectivity index (χ1) is 11.8. The lowest BCUT2D eigenvalue weighted by Crippen LogP contribution is -2.44. The van der Waals surface area contributed by atoms with Crippen molar-refractivity contribution in [1.29, 1.82) is 0 Å². The van der Waals surface area contributed by atoms with Gasteiger partial charge in [-0.05, 0) is 18.4 Å². The van der Waals surface area contributed by atoms with Crippen LogP contribution in [0.25, 0.3) is 0 Å². The molecule has 2 saturated heterocycles. The smallest absolute Gasteiger partial charge is 0.341 e. The fourth-order valence-corrected chi connectivity index (χ4v) is 3.67. The summed E-state index contributed by atoms with van der Waals surface area (Å²) in [7, 11) is 0. The lowest BCUT2D eigenvalue weighted by atomic mass is 9.92. The fourth-order valence-electron chi connectivity index (χ4n) is 3.67. The van der Waals surface area contributed by atoms with E-state index in [1.54, 1.807) is 0 Å². The first-order valence-corrected chi connectivity index (χ1v) is 8.33. The van der Waals surface area contributed by atoms with Crippen molar-refractivity contribution >= 4 is 11.9 Å². The summed E-state index contributed by atoms with van der Waals surface area (Å²) in [4.78, 5) is 26.8. The predicted molar refractivity (Wildman–Crippen MR) is 88.4 cm³/mol. The minimum atomic E-state index is -2.08. The van der Waals surface area contributed by atoms with Crippen molar-refractivity contribution in [3.05, 3.63) is 36.0 Å². The molecule has 7 nitrogen and oxygen atoms in total. The van der Waals surface area contributed by atoms with Crippen LogP contribution in [0, 0.1) is 0 Å². The average Bonchev–Trinajstić information content (AvgIpc) is 3.14. The van der Waals surface area contributed by atoms with Crippen LogP contribution in [0.1, 0.15) is 19.3 Å². The second-order valence-corrected chi connectivity index (χ2v) is 6.92. The molecule has 3 aliphatic heterocycles. The summed E-state index contributed by atoms with van der Waals surface area (Å²) in [6.45, 7) is 8.19. The SMILES string of the molecule is C=C1CC(=C)C(=O)O[C@@H]2CCN3CC=C(COC(=O)[C@@](O)(CO)C1)C23. The fraction of sp³-hybridized carbons (Fsp3) is 0.556. The number of ether oxygens (including phenoxy) is 2. The van der Waals surface area contributed by atoms with Crippen molar-refractivity contribution < 1.29 is 29.3 Å². The van der Waals surface area contributed by atoms with E-state index < -0.39 is 24.1 Å². The molecule has 0 aromatic rings. The quantitative estimate of drug-likeness (QED) is 0.393. The van der Waals surface area contributed by atoms with E-state index in [1.165, 1.54) is 0 Å². The molecule has 0 bridgehead atoms. The minimum Gasteiger partial charge on any atom is -0.459 e. The number of hydrogen-bond acceptors (Lipinski definition) is 7. The second kappa shape index (κ2) is 6.74. The summed E-state index contributed by atoms with van der Waals surface area (Å²) in [5.74, 6) is -1.40. The number of hydrogen-bond donors (Lipinski definition) is 2. The maximum absolute atomic E-state index is 12.3. The van der Waals surface area contributed by atoms with Crippen molar-refractivity contribution in [2.45, 2.75) is 37.0 Å². The largest absolute Gasteiger partial charge is 0.459 e. The van der Waals surface area contributed by atoms with Gasteiger partial charge in [0.2, 0.25) is 0 Å². The second-order valence-electron chi connectivity index (χ2n) is 6.92. The lowest BCUT2D eigenvalue weighted by molar-refractivity contribution is -0.168. The van der Waals surface area contributed by atoms with Crippen LogP contribution in [0.3, 0.4) is 0 Å². The van der Waals surface area contributed by atoms with E-state index in [9.17, 15) is 19.8 Å². The first-order valence-electron chi connectivity index (χ1n) is 8.33. The van der Waals surface area contributed by atoms with Crippen LogP contribution in [0.2, 0.25) is 0 Å². The molecule has 0 aromatic carbocycles. The minimum absolute atomic E-state index is 0.0101. The van der Waals surface area contributed by atoms with Crippen LogP contribution in [-0.4, -0.2) is 71.1 Å². The summed E-state index contributed by atoms with van der Waals surface area (Å²) in [5, 5.41) is 19.9. The Morgan fingerprint density at radius 1 is 1.36 bits per heavy atom. The van der Waals surface area contributed by atoms with Crippen LogP contribution in [0.5, 0.6) is 0 Å². The van der Waals surface area contributed by atoms with E-state index in [-0.39, 0.29) is 37.2 Å². The van der Waals surface area contributed by atoms with Gasteiger partial charge >= 0.3 is 11.9 Å². The number of carbonyl (C=O) groups excluding carboxylic acids is 2. The Balaban J connectivity index is 1.87. The van der Waals surface area contributed by atoms with Crippen LogP contribution in [0.4, 0.5) is 0 Å². The highest BCUT2D eigenvalue weighted by Crippen LogP contribution is 2.33. The molecule has 136 valence electrons. The zero-order valence-electron chi connectivity index (χ0n) is 14.1. The Morgan fingerprint density at radius 3 is 2.84 bits per heavy atom. The van der Waals surface area contributed by atoms with Crippen molar-refractivity contribution in [2.24, 2.45) is 0 Å². The summed E-state index contributed by atoms with van der Waals surface area (Å²) in [5.41, 5.74) is -0.641. The standard InChI is InChI=1S/C18H23NO6/c1-11-7-12(2)16(21)25-14-4-6-19-5-3-13(15(14)19)9-24-17(22)18(23,8-11)10-20/h3,14-15,20,23H,1-2,4-10H2/t14-,15?,18+/m1/s1. The number of cyclic esters (lactones) is 1. The molecule has 0 amide bonds. The molecule has 0 radical (unpaired) electrons. The van der Waals surface area contributed by atoms with Crippen LogP contribution < -0.4 is 0 Å². The Labute approximate surface area is 146 Å². The third kappa shape index (κ3) is 3.40. The third-order valence-corrected chi connectivity index (χ3v) is 4.98. The summed E-state index contributed by atoms with van der Waals surface area (Å²) < 4.78 is 10.9. The molecule has 3 heterocycles. The van der Waals surface area contributed by atoms with Crippen molar-refractivity contribution in [3.63, 3.8) is 0 Å². The normalized spacial score (nSPS) is 34.4. The number of aliphatic hydroxyl groups excluding tert-OH is 1. The van der Waals surface area contributed by atoms with Gasteiger partial charge in [-0.15, -0.1) is 0 Å². The zero-order valence-corrected chi connectivity index (χ0v) is 14.1. The van der Waals surface area contributed by atoms with Gasteiger partial charge in [0.05, 0.1) is 12.6 Å².